The van der Waals surface area contributed by atoms with Gasteiger partial charge in [0.1, 0.15) is 10.6 Å². The Morgan fingerprint density at radius 1 is 1.64 bits per heavy atom. The highest BCUT2D eigenvalue weighted by molar-refractivity contribution is 6.33. The van der Waals surface area contributed by atoms with Gasteiger partial charge in [-0.2, -0.15) is 0 Å². The van der Waals surface area contributed by atoms with E-state index < -0.39 is 17.6 Å². The van der Waals surface area contributed by atoms with Crippen molar-refractivity contribution < 1.29 is 19.7 Å². The minimum absolute atomic E-state index is 0.172. The van der Waals surface area contributed by atoms with E-state index in [1.54, 1.807) is 6.92 Å². The number of carbonyl (C=O) groups excluding carboxylic acids is 1. The van der Waals surface area contributed by atoms with Gasteiger partial charge in [-0.3, -0.25) is 0 Å². The molecule has 0 saturated heterocycles. The Labute approximate surface area is 84.9 Å². The Hall–Kier alpha value is -1.49. The number of esters is 1. The molecule has 0 aromatic carbocycles. The average Bonchev–Trinajstić information content (AvgIpc) is 2.15. The summed E-state index contributed by atoms with van der Waals surface area (Å²) in [6, 6.07) is 0. The number of nitrogens with zero attached hydrogens (tertiary/aromatic N) is 1. The number of hydrogen-bond donors (Lipinski definition) is 2. The number of ether oxygens (including phenoxy) is 1. The Balaban J connectivity index is 3.11. The van der Waals surface area contributed by atoms with Gasteiger partial charge in [0.25, 0.3) is 0 Å². The highest BCUT2D eigenvalue weighted by Crippen LogP contribution is 2.33. The number of aromatic nitrogens is 1. The molecule has 0 aliphatic rings. The van der Waals surface area contributed by atoms with E-state index in [4.69, 9.17) is 16.7 Å². The van der Waals surface area contributed by atoms with Crippen LogP contribution in [0.15, 0.2) is 6.20 Å². The van der Waals surface area contributed by atoms with Gasteiger partial charge in [0.05, 0.1) is 6.61 Å². The van der Waals surface area contributed by atoms with Crippen LogP contribution in [0.3, 0.4) is 0 Å². The number of carbonyl (C=O) groups is 1. The molecule has 0 bridgehead atoms. The molecule has 1 aromatic heterocycles. The van der Waals surface area contributed by atoms with Crippen LogP contribution in [0.5, 0.6) is 11.6 Å². The van der Waals surface area contributed by atoms with E-state index in [0.717, 1.165) is 6.20 Å². The second kappa shape index (κ2) is 4.15. The molecule has 0 saturated carbocycles. The number of aromatic hydroxyl groups is 2. The molecule has 0 atom stereocenters. The van der Waals surface area contributed by atoms with Gasteiger partial charge in [-0.1, -0.05) is 11.6 Å². The first-order valence-corrected chi connectivity index (χ1v) is 4.19. The van der Waals surface area contributed by atoms with Crippen molar-refractivity contribution in [2.24, 2.45) is 0 Å². The van der Waals surface area contributed by atoms with E-state index in [-0.39, 0.29) is 17.2 Å². The Bertz CT molecular complexity index is 367. The van der Waals surface area contributed by atoms with Crippen molar-refractivity contribution >= 4 is 17.6 Å². The van der Waals surface area contributed by atoms with Gasteiger partial charge < -0.3 is 14.9 Å². The van der Waals surface area contributed by atoms with Crippen LogP contribution in [-0.2, 0) is 4.74 Å². The Morgan fingerprint density at radius 2 is 2.29 bits per heavy atom. The van der Waals surface area contributed by atoms with E-state index in [9.17, 15) is 9.90 Å². The van der Waals surface area contributed by atoms with Gasteiger partial charge in [0.15, 0.2) is 5.75 Å². The minimum atomic E-state index is -0.737. The summed E-state index contributed by atoms with van der Waals surface area (Å²) < 4.78 is 4.62. The third kappa shape index (κ3) is 1.88. The SMILES string of the molecule is CCOC(=O)c1cnc(O)c(Cl)c1O. The smallest absolute Gasteiger partial charge is 0.343 e. The van der Waals surface area contributed by atoms with Gasteiger partial charge in [0, 0.05) is 6.20 Å². The third-order valence-corrected chi connectivity index (χ3v) is 1.82. The fourth-order valence-electron chi connectivity index (χ4n) is 0.826. The van der Waals surface area contributed by atoms with E-state index >= 15 is 0 Å². The lowest BCUT2D eigenvalue weighted by Gasteiger charge is -2.05. The maximum Gasteiger partial charge on any atom is 0.343 e. The van der Waals surface area contributed by atoms with Crippen molar-refractivity contribution in [3.63, 3.8) is 0 Å². The molecule has 0 fully saturated rings. The molecule has 0 aliphatic carbocycles. The first-order chi connectivity index (χ1) is 6.57. The average molecular weight is 218 g/mol. The van der Waals surface area contributed by atoms with Crippen LogP contribution in [0.25, 0.3) is 0 Å². The third-order valence-electron chi connectivity index (χ3n) is 1.47. The quantitative estimate of drug-likeness (QED) is 0.731. The highest BCUT2D eigenvalue weighted by Gasteiger charge is 2.18. The van der Waals surface area contributed by atoms with Crippen molar-refractivity contribution in [3.05, 3.63) is 16.8 Å². The fourth-order valence-corrected chi connectivity index (χ4v) is 0.976. The highest BCUT2D eigenvalue weighted by atomic mass is 35.5. The largest absolute Gasteiger partial charge is 0.505 e. The standard InChI is InChI=1S/C8H8ClNO4/c1-2-14-8(13)4-3-10-7(12)5(9)6(4)11/h3H,2H2,1H3,(H2,10,11,12). The Morgan fingerprint density at radius 3 is 2.86 bits per heavy atom. The molecule has 2 N–H and O–H groups in total. The molecule has 0 unspecified atom stereocenters. The van der Waals surface area contributed by atoms with Crippen molar-refractivity contribution in [3.8, 4) is 11.6 Å². The molecule has 0 spiro atoms. The molecule has 14 heavy (non-hydrogen) atoms. The summed E-state index contributed by atoms with van der Waals surface area (Å²) in [4.78, 5) is 14.6. The lowest BCUT2D eigenvalue weighted by Crippen LogP contribution is -2.05. The summed E-state index contributed by atoms with van der Waals surface area (Å²) in [5, 5.41) is 18.0. The zero-order valence-electron chi connectivity index (χ0n) is 7.32. The van der Waals surface area contributed by atoms with Gasteiger partial charge >= 0.3 is 5.97 Å². The Kier molecular flexibility index (Phi) is 3.14. The molecule has 1 rings (SSSR count). The molecule has 6 heteroatoms. The molecule has 0 amide bonds. The first kappa shape index (κ1) is 10.6. The van der Waals surface area contributed by atoms with E-state index in [0.29, 0.717) is 0 Å². The topological polar surface area (TPSA) is 79.7 Å². The predicted molar refractivity (Wildman–Crippen MR) is 48.5 cm³/mol. The molecule has 1 aromatic rings. The van der Waals surface area contributed by atoms with Crippen molar-refractivity contribution in [1.29, 1.82) is 0 Å². The molecule has 76 valence electrons. The van der Waals surface area contributed by atoms with Gasteiger partial charge in [-0.25, -0.2) is 9.78 Å². The maximum atomic E-state index is 11.2. The summed E-state index contributed by atoms with van der Waals surface area (Å²) in [6.07, 6.45) is 0.995. The van der Waals surface area contributed by atoms with Crippen molar-refractivity contribution in [2.45, 2.75) is 6.92 Å². The normalized spacial score (nSPS) is 9.86. The van der Waals surface area contributed by atoms with Crippen LogP contribution in [-0.4, -0.2) is 27.8 Å². The summed E-state index contributed by atoms with van der Waals surface area (Å²) >= 11 is 5.46. The summed E-state index contributed by atoms with van der Waals surface area (Å²) in [7, 11) is 0. The van der Waals surface area contributed by atoms with Crippen LogP contribution in [0.2, 0.25) is 5.02 Å². The van der Waals surface area contributed by atoms with Gasteiger partial charge in [-0.15, -0.1) is 0 Å². The number of hydrogen-bond acceptors (Lipinski definition) is 5. The van der Waals surface area contributed by atoms with Crippen molar-refractivity contribution in [2.75, 3.05) is 6.61 Å². The minimum Gasteiger partial charge on any atom is -0.505 e. The summed E-state index contributed by atoms with van der Waals surface area (Å²) in [6.45, 7) is 1.81. The van der Waals surface area contributed by atoms with E-state index in [1.165, 1.54) is 0 Å². The summed E-state index contributed by atoms with van der Waals surface area (Å²) in [5.41, 5.74) is -0.172. The number of halogens is 1. The van der Waals surface area contributed by atoms with E-state index in [2.05, 4.69) is 9.72 Å². The van der Waals surface area contributed by atoms with Crippen LogP contribution >= 0.6 is 11.6 Å². The van der Waals surface area contributed by atoms with Crippen LogP contribution in [0.4, 0.5) is 0 Å². The van der Waals surface area contributed by atoms with Gasteiger partial charge in [-0.05, 0) is 6.92 Å². The molecule has 0 radical (unpaired) electrons. The molecular formula is C8H8ClNO4. The van der Waals surface area contributed by atoms with Crippen LogP contribution in [0.1, 0.15) is 17.3 Å². The first-order valence-electron chi connectivity index (χ1n) is 3.81. The van der Waals surface area contributed by atoms with E-state index in [1.807, 2.05) is 0 Å². The molecule has 5 nitrogen and oxygen atoms in total. The zero-order valence-corrected chi connectivity index (χ0v) is 8.08. The zero-order chi connectivity index (χ0) is 10.7. The fraction of sp³-hybridized carbons (Fsp3) is 0.250. The molecule has 0 aliphatic heterocycles. The van der Waals surface area contributed by atoms with Crippen molar-refractivity contribution in [1.82, 2.24) is 4.98 Å². The monoisotopic (exact) mass is 217 g/mol. The van der Waals surface area contributed by atoms with Gasteiger partial charge in [0.2, 0.25) is 5.88 Å². The maximum absolute atomic E-state index is 11.2. The van der Waals surface area contributed by atoms with Crippen LogP contribution in [0, 0.1) is 0 Å². The lowest BCUT2D eigenvalue weighted by molar-refractivity contribution is 0.0522. The predicted octanol–water partition coefficient (Wildman–Crippen LogP) is 1.32. The van der Waals surface area contributed by atoms with Crippen LogP contribution < -0.4 is 0 Å². The lowest BCUT2D eigenvalue weighted by atomic mass is 10.2. The molecular weight excluding hydrogens is 210 g/mol. The number of pyridine rings is 1. The second-order valence-electron chi connectivity index (χ2n) is 2.38. The summed E-state index contributed by atoms with van der Waals surface area (Å²) in [5.74, 6) is -1.80. The second-order valence-corrected chi connectivity index (χ2v) is 2.76. The molecule has 1 heterocycles. The number of rotatable bonds is 2.